The summed E-state index contributed by atoms with van der Waals surface area (Å²) < 4.78 is 1.74. The molecule has 0 saturated heterocycles. The Balaban J connectivity index is 2.80. The Morgan fingerprint density at radius 2 is 1.95 bits per heavy atom. The zero-order valence-electron chi connectivity index (χ0n) is 12.0. The van der Waals surface area contributed by atoms with Gasteiger partial charge >= 0.3 is 0 Å². The summed E-state index contributed by atoms with van der Waals surface area (Å²) in [5.74, 6) is -0.218. The molecule has 0 aliphatic heterocycles. The average molecular weight is 269 g/mol. The van der Waals surface area contributed by atoms with Gasteiger partial charge in [-0.25, -0.2) is 0 Å². The van der Waals surface area contributed by atoms with E-state index < -0.39 is 5.54 Å². The Bertz CT molecular complexity index is 442. The number of hydrogen-bond acceptors (Lipinski definition) is 4. The van der Waals surface area contributed by atoms with Crippen molar-refractivity contribution in [2.75, 3.05) is 13.2 Å². The van der Waals surface area contributed by atoms with Crippen molar-refractivity contribution in [2.24, 2.45) is 7.05 Å². The van der Waals surface area contributed by atoms with E-state index in [-0.39, 0.29) is 25.5 Å². The lowest BCUT2D eigenvalue weighted by molar-refractivity contribution is -0.123. The lowest BCUT2D eigenvalue weighted by atomic mass is 9.97. The molecular weight excluding hydrogens is 246 g/mol. The van der Waals surface area contributed by atoms with E-state index >= 15 is 0 Å². The van der Waals surface area contributed by atoms with Gasteiger partial charge in [-0.15, -0.1) is 0 Å². The summed E-state index contributed by atoms with van der Waals surface area (Å²) in [7, 11) is 1.83. The van der Waals surface area contributed by atoms with Gasteiger partial charge in [-0.2, -0.15) is 5.10 Å². The number of carbonyl (C=O) groups excluding carboxylic acids is 1. The molecule has 6 nitrogen and oxygen atoms in total. The van der Waals surface area contributed by atoms with Crippen molar-refractivity contribution in [3.8, 4) is 0 Å². The highest BCUT2D eigenvalue weighted by molar-refractivity contribution is 5.80. The molecule has 19 heavy (non-hydrogen) atoms. The first-order valence-electron chi connectivity index (χ1n) is 6.41. The summed E-state index contributed by atoms with van der Waals surface area (Å²) >= 11 is 0. The van der Waals surface area contributed by atoms with Crippen molar-refractivity contribution < 1.29 is 15.0 Å². The van der Waals surface area contributed by atoms with Crippen LogP contribution in [-0.2, 0) is 18.3 Å². The van der Waals surface area contributed by atoms with Crippen LogP contribution in [0.3, 0.4) is 0 Å². The van der Waals surface area contributed by atoms with E-state index in [0.29, 0.717) is 6.42 Å². The molecule has 0 bridgehead atoms. The highest BCUT2D eigenvalue weighted by atomic mass is 16.3. The molecule has 1 aromatic heterocycles. The van der Waals surface area contributed by atoms with Crippen molar-refractivity contribution in [1.82, 2.24) is 15.1 Å². The first-order valence-corrected chi connectivity index (χ1v) is 6.41. The largest absolute Gasteiger partial charge is 0.394 e. The van der Waals surface area contributed by atoms with Gasteiger partial charge in [-0.3, -0.25) is 9.48 Å². The summed E-state index contributed by atoms with van der Waals surface area (Å²) in [6.45, 7) is 5.02. The standard InChI is InChI=1S/C13H23N3O3/c1-5-13(7-17,8-18)14-12(19)6-11-9(2)15-16(4)10(11)3/h17-18H,5-8H2,1-4H3,(H,14,19). The maximum Gasteiger partial charge on any atom is 0.225 e. The van der Waals surface area contributed by atoms with Crippen LogP contribution in [0.1, 0.15) is 30.3 Å². The predicted molar refractivity (Wildman–Crippen MR) is 71.7 cm³/mol. The zero-order valence-corrected chi connectivity index (χ0v) is 12.0. The van der Waals surface area contributed by atoms with Crippen LogP contribution < -0.4 is 5.32 Å². The monoisotopic (exact) mass is 269 g/mol. The quantitative estimate of drug-likeness (QED) is 0.669. The summed E-state index contributed by atoms with van der Waals surface area (Å²) in [5, 5.41) is 25.6. The Kier molecular flexibility index (Phi) is 5.08. The van der Waals surface area contributed by atoms with E-state index in [1.807, 2.05) is 27.8 Å². The molecule has 3 N–H and O–H groups in total. The fourth-order valence-corrected chi connectivity index (χ4v) is 2.01. The van der Waals surface area contributed by atoms with Crippen LogP contribution in [0.4, 0.5) is 0 Å². The van der Waals surface area contributed by atoms with Crippen LogP contribution in [0.25, 0.3) is 0 Å². The van der Waals surface area contributed by atoms with Gasteiger partial charge in [0.15, 0.2) is 0 Å². The van der Waals surface area contributed by atoms with Gasteiger partial charge < -0.3 is 15.5 Å². The highest BCUT2D eigenvalue weighted by Gasteiger charge is 2.29. The Morgan fingerprint density at radius 1 is 1.37 bits per heavy atom. The molecule has 0 radical (unpaired) electrons. The number of aryl methyl sites for hydroxylation is 2. The van der Waals surface area contributed by atoms with Crippen molar-refractivity contribution in [3.05, 3.63) is 17.0 Å². The van der Waals surface area contributed by atoms with E-state index in [0.717, 1.165) is 17.0 Å². The number of amides is 1. The van der Waals surface area contributed by atoms with E-state index in [9.17, 15) is 15.0 Å². The molecule has 6 heteroatoms. The number of aliphatic hydroxyl groups is 2. The molecule has 0 saturated carbocycles. The minimum Gasteiger partial charge on any atom is -0.394 e. The number of rotatable bonds is 6. The fourth-order valence-electron chi connectivity index (χ4n) is 2.01. The zero-order chi connectivity index (χ0) is 14.6. The third-order valence-electron chi connectivity index (χ3n) is 3.68. The van der Waals surface area contributed by atoms with Crippen LogP contribution in [0.2, 0.25) is 0 Å². The second-order valence-corrected chi connectivity index (χ2v) is 4.95. The normalized spacial score (nSPS) is 11.7. The number of carbonyl (C=O) groups is 1. The number of nitrogens with zero attached hydrogens (tertiary/aromatic N) is 2. The van der Waals surface area contributed by atoms with Gasteiger partial charge in [0.25, 0.3) is 0 Å². The first-order chi connectivity index (χ1) is 8.89. The molecule has 0 aliphatic carbocycles. The van der Waals surface area contributed by atoms with Gasteiger partial charge in [0.05, 0.1) is 30.9 Å². The lowest BCUT2D eigenvalue weighted by Gasteiger charge is -2.29. The first kappa shape index (κ1) is 15.7. The molecule has 0 fully saturated rings. The smallest absolute Gasteiger partial charge is 0.225 e. The van der Waals surface area contributed by atoms with Crippen LogP contribution in [0.15, 0.2) is 0 Å². The van der Waals surface area contributed by atoms with Gasteiger partial charge in [-0.05, 0) is 20.3 Å². The maximum atomic E-state index is 12.0. The minimum absolute atomic E-state index is 0.202. The van der Waals surface area contributed by atoms with Crippen LogP contribution in [0.5, 0.6) is 0 Å². The molecule has 108 valence electrons. The molecule has 0 unspecified atom stereocenters. The number of hydrogen-bond donors (Lipinski definition) is 3. The molecule has 1 rings (SSSR count). The molecule has 1 heterocycles. The third-order valence-corrected chi connectivity index (χ3v) is 3.68. The highest BCUT2D eigenvalue weighted by Crippen LogP contribution is 2.14. The molecule has 0 aromatic carbocycles. The maximum absolute atomic E-state index is 12.0. The summed E-state index contributed by atoms with van der Waals surface area (Å²) in [5.41, 5.74) is 1.72. The summed E-state index contributed by atoms with van der Waals surface area (Å²) in [4.78, 5) is 12.0. The Labute approximate surface area is 113 Å². The van der Waals surface area contributed by atoms with Gasteiger partial charge in [-0.1, -0.05) is 6.92 Å². The molecule has 0 spiro atoms. The van der Waals surface area contributed by atoms with E-state index in [1.165, 1.54) is 0 Å². The lowest BCUT2D eigenvalue weighted by Crippen LogP contribution is -2.54. The van der Waals surface area contributed by atoms with E-state index in [2.05, 4.69) is 10.4 Å². The molecular formula is C13H23N3O3. The SMILES string of the molecule is CCC(CO)(CO)NC(=O)Cc1c(C)nn(C)c1C. The fraction of sp³-hybridized carbons (Fsp3) is 0.692. The van der Waals surface area contributed by atoms with Crippen LogP contribution in [0, 0.1) is 13.8 Å². The van der Waals surface area contributed by atoms with E-state index in [1.54, 1.807) is 4.68 Å². The van der Waals surface area contributed by atoms with Gasteiger partial charge in [0, 0.05) is 18.3 Å². The van der Waals surface area contributed by atoms with E-state index in [4.69, 9.17) is 0 Å². The molecule has 1 aromatic rings. The van der Waals surface area contributed by atoms with Crippen molar-refractivity contribution in [1.29, 1.82) is 0 Å². The molecule has 0 atom stereocenters. The van der Waals surface area contributed by atoms with Gasteiger partial charge in [0.2, 0.25) is 5.91 Å². The van der Waals surface area contributed by atoms with Crippen LogP contribution >= 0.6 is 0 Å². The number of aromatic nitrogens is 2. The summed E-state index contributed by atoms with van der Waals surface area (Å²) in [6.07, 6.45) is 0.671. The minimum atomic E-state index is -0.943. The number of nitrogens with one attached hydrogen (secondary N) is 1. The second-order valence-electron chi connectivity index (χ2n) is 4.95. The van der Waals surface area contributed by atoms with Crippen molar-refractivity contribution in [3.63, 3.8) is 0 Å². The van der Waals surface area contributed by atoms with Crippen LogP contribution in [-0.4, -0.2) is 44.7 Å². The topological polar surface area (TPSA) is 87.4 Å². The third kappa shape index (κ3) is 3.33. The predicted octanol–water partition coefficient (Wildman–Crippen LogP) is -0.171. The second kappa shape index (κ2) is 6.16. The Hall–Kier alpha value is -1.40. The molecule has 1 amide bonds. The molecule has 0 aliphatic rings. The Morgan fingerprint density at radius 3 is 2.32 bits per heavy atom. The van der Waals surface area contributed by atoms with Crippen molar-refractivity contribution >= 4 is 5.91 Å². The average Bonchev–Trinajstić information content (AvgIpc) is 2.63. The summed E-state index contributed by atoms with van der Waals surface area (Å²) in [6, 6.07) is 0. The van der Waals surface area contributed by atoms with Gasteiger partial charge in [0.1, 0.15) is 0 Å². The van der Waals surface area contributed by atoms with Crippen molar-refractivity contribution in [2.45, 2.75) is 39.2 Å². The number of aliphatic hydroxyl groups excluding tert-OH is 2.